The third-order valence-corrected chi connectivity index (χ3v) is 5.69. The zero-order valence-electron chi connectivity index (χ0n) is 19.9. The fraction of sp³-hybridized carbons (Fsp3) is 0.379. The van der Waals surface area contributed by atoms with Crippen molar-refractivity contribution in [3.63, 3.8) is 0 Å². The van der Waals surface area contributed by atoms with Crippen LogP contribution in [0.3, 0.4) is 0 Å². The van der Waals surface area contributed by atoms with Crippen LogP contribution in [0.5, 0.6) is 0 Å². The molecule has 0 bridgehead atoms. The molecule has 0 aliphatic rings. The molecule has 0 amide bonds. The van der Waals surface area contributed by atoms with E-state index in [9.17, 15) is 19.8 Å². The molecule has 0 aliphatic heterocycles. The first-order chi connectivity index (χ1) is 15.8. The topological polar surface area (TPSA) is 74.6 Å². The van der Waals surface area contributed by atoms with Crippen LogP contribution in [0.25, 0.3) is 0 Å². The number of carboxylic acid groups (broad SMARTS) is 2. The van der Waals surface area contributed by atoms with Gasteiger partial charge >= 0.3 is 11.9 Å². The quantitative estimate of drug-likeness (QED) is 0.482. The lowest BCUT2D eigenvalue weighted by molar-refractivity contribution is 0.0685. The first kappa shape index (κ1) is 25.8. The highest BCUT2D eigenvalue weighted by Gasteiger charge is 2.31. The lowest BCUT2D eigenvalue weighted by Gasteiger charge is -2.31. The van der Waals surface area contributed by atoms with Crippen LogP contribution in [-0.4, -0.2) is 22.2 Å². The molecular formula is C29H32O4. The molecule has 0 aromatic heterocycles. The van der Waals surface area contributed by atoms with Crippen molar-refractivity contribution in [2.24, 2.45) is 0 Å². The van der Waals surface area contributed by atoms with Crippen LogP contribution in [0.2, 0.25) is 0 Å². The predicted molar refractivity (Wildman–Crippen MR) is 132 cm³/mol. The molecule has 2 aromatic rings. The van der Waals surface area contributed by atoms with Crippen molar-refractivity contribution in [1.29, 1.82) is 0 Å². The molecule has 0 atom stereocenters. The molecule has 0 saturated carbocycles. The van der Waals surface area contributed by atoms with Gasteiger partial charge in [-0.25, -0.2) is 9.59 Å². The Kier molecular flexibility index (Phi) is 9.31. The minimum absolute atomic E-state index is 0.227. The van der Waals surface area contributed by atoms with E-state index in [1.54, 1.807) is 24.3 Å². The lowest BCUT2D eigenvalue weighted by atomic mass is 9.72. The Morgan fingerprint density at radius 1 is 0.727 bits per heavy atom. The zero-order chi connectivity index (χ0) is 24.4. The van der Waals surface area contributed by atoms with Crippen LogP contribution in [0.15, 0.2) is 36.4 Å². The fourth-order valence-electron chi connectivity index (χ4n) is 4.00. The number of hydrogen-bond acceptors (Lipinski definition) is 2. The van der Waals surface area contributed by atoms with E-state index >= 15 is 0 Å². The van der Waals surface area contributed by atoms with Crippen molar-refractivity contribution in [2.45, 2.75) is 71.6 Å². The maximum absolute atomic E-state index is 12.0. The van der Waals surface area contributed by atoms with Crippen LogP contribution < -0.4 is 0 Å². The number of benzene rings is 2. The molecule has 0 fully saturated rings. The highest BCUT2D eigenvalue weighted by molar-refractivity contribution is 5.91. The van der Waals surface area contributed by atoms with Crippen molar-refractivity contribution in [3.8, 4) is 23.7 Å². The molecule has 0 aliphatic carbocycles. The van der Waals surface area contributed by atoms with Gasteiger partial charge in [0.05, 0.1) is 11.1 Å². The molecule has 2 N–H and O–H groups in total. The summed E-state index contributed by atoms with van der Waals surface area (Å²) >= 11 is 0. The summed E-state index contributed by atoms with van der Waals surface area (Å²) in [6, 6.07) is 10.5. The summed E-state index contributed by atoms with van der Waals surface area (Å²) in [6.45, 7) is 8.10. The Morgan fingerprint density at radius 3 is 1.45 bits per heavy atom. The van der Waals surface area contributed by atoms with E-state index in [4.69, 9.17) is 0 Å². The Balaban J connectivity index is 2.71. The van der Waals surface area contributed by atoms with Crippen LogP contribution in [0.1, 0.15) is 96.3 Å². The normalized spacial score (nSPS) is 10.5. The van der Waals surface area contributed by atoms with Crippen molar-refractivity contribution < 1.29 is 19.8 Å². The van der Waals surface area contributed by atoms with Crippen molar-refractivity contribution in [1.82, 2.24) is 0 Å². The fourth-order valence-corrected chi connectivity index (χ4v) is 4.00. The lowest BCUT2D eigenvalue weighted by Crippen LogP contribution is -2.25. The van der Waals surface area contributed by atoms with E-state index in [1.165, 1.54) is 0 Å². The SMILES string of the molecule is CCCC#CCc1c(C(=O)O)cccc1C(C)(C)c1cccc(C(=O)O)c1CC#CCCC. The average molecular weight is 445 g/mol. The number of carbonyl (C=O) groups is 2. The Labute approximate surface area is 197 Å². The second-order valence-electron chi connectivity index (χ2n) is 8.46. The maximum atomic E-state index is 12.0. The molecule has 0 heterocycles. The molecule has 0 saturated heterocycles. The minimum atomic E-state index is -0.995. The monoisotopic (exact) mass is 444 g/mol. The van der Waals surface area contributed by atoms with Crippen molar-refractivity contribution >= 4 is 11.9 Å². The smallest absolute Gasteiger partial charge is 0.336 e. The van der Waals surface area contributed by atoms with Crippen molar-refractivity contribution in [2.75, 3.05) is 0 Å². The standard InChI is InChI=1S/C29H32O4/c1-5-7-9-11-15-21-23(27(30)31)17-13-19-25(21)29(3,4)26-20-14-18-24(28(32)33)22(26)16-12-10-8-6-2/h13-14,17-20H,5-8,15-16H2,1-4H3,(H,30,31)(H,32,33). The van der Waals surface area contributed by atoms with Crippen LogP contribution in [-0.2, 0) is 18.3 Å². The van der Waals surface area contributed by atoms with E-state index in [0.29, 0.717) is 24.0 Å². The summed E-state index contributed by atoms with van der Waals surface area (Å²) < 4.78 is 0. The first-order valence-corrected chi connectivity index (χ1v) is 11.4. The number of rotatable bonds is 8. The van der Waals surface area contributed by atoms with E-state index < -0.39 is 17.4 Å². The number of hydrogen-bond donors (Lipinski definition) is 2. The van der Waals surface area contributed by atoms with Gasteiger partial charge in [0.25, 0.3) is 0 Å². The first-order valence-electron chi connectivity index (χ1n) is 11.4. The summed E-state index contributed by atoms with van der Waals surface area (Å²) in [7, 11) is 0. The van der Waals surface area contributed by atoms with Gasteiger partial charge in [-0.2, -0.15) is 0 Å². The largest absolute Gasteiger partial charge is 0.478 e. The zero-order valence-corrected chi connectivity index (χ0v) is 19.9. The maximum Gasteiger partial charge on any atom is 0.336 e. The van der Waals surface area contributed by atoms with Crippen LogP contribution >= 0.6 is 0 Å². The van der Waals surface area contributed by atoms with Crippen LogP contribution in [0.4, 0.5) is 0 Å². The molecule has 0 unspecified atom stereocenters. The van der Waals surface area contributed by atoms with Gasteiger partial charge in [0.15, 0.2) is 0 Å². The van der Waals surface area contributed by atoms with Gasteiger partial charge in [-0.15, -0.1) is 11.8 Å². The van der Waals surface area contributed by atoms with Gasteiger partial charge in [0.1, 0.15) is 0 Å². The van der Waals surface area contributed by atoms with Gasteiger partial charge in [-0.1, -0.05) is 63.8 Å². The second kappa shape index (κ2) is 11.9. The third kappa shape index (κ3) is 6.27. The predicted octanol–water partition coefficient (Wildman–Crippen LogP) is 6.10. The molecule has 33 heavy (non-hydrogen) atoms. The molecule has 2 aromatic carbocycles. The highest BCUT2D eigenvalue weighted by atomic mass is 16.4. The number of aromatic carboxylic acids is 2. The summed E-state index contributed by atoms with van der Waals surface area (Å²) in [5.74, 6) is 10.5. The summed E-state index contributed by atoms with van der Waals surface area (Å²) in [6.07, 6.45) is 4.05. The van der Waals surface area contributed by atoms with Gasteiger partial charge < -0.3 is 10.2 Å². The highest BCUT2D eigenvalue weighted by Crippen LogP contribution is 2.38. The Hall–Kier alpha value is -3.50. The van der Waals surface area contributed by atoms with E-state index in [1.807, 2.05) is 26.0 Å². The van der Waals surface area contributed by atoms with Gasteiger partial charge in [0, 0.05) is 31.1 Å². The molecule has 2 rings (SSSR count). The number of unbranched alkanes of at least 4 members (excludes halogenated alkanes) is 2. The van der Waals surface area contributed by atoms with Gasteiger partial charge in [0.2, 0.25) is 0 Å². The molecule has 172 valence electrons. The third-order valence-electron chi connectivity index (χ3n) is 5.69. The Bertz CT molecular complexity index is 1040. The number of carboxylic acids is 2. The van der Waals surface area contributed by atoms with Crippen molar-refractivity contribution in [3.05, 3.63) is 69.8 Å². The average Bonchev–Trinajstić information content (AvgIpc) is 2.79. The van der Waals surface area contributed by atoms with E-state index in [-0.39, 0.29) is 11.1 Å². The minimum Gasteiger partial charge on any atom is -0.478 e. The molecule has 0 spiro atoms. The van der Waals surface area contributed by atoms with Gasteiger partial charge in [-0.05, 0) is 47.2 Å². The summed E-state index contributed by atoms with van der Waals surface area (Å²) in [5.41, 5.74) is 2.80. The molecule has 4 heteroatoms. The van der Waals surface area contributed by atoms with Gasteiger partial charge in [-0.3, -0.25) is 0 Å². The van der Waals surface area contributed by atoms with E-state index in [2.05, 4.69) is 37.5 Å². The molecular weight excluding hydrogens is 412 g/mol. The van der Waals surface area contributed by atoms with Crippen LogP contribution in [0, 0.1) is 23.7 Å². The summed E-state index contributed by atoms with van der Waals surface area (Å²) in [4.78, 5) is 24.0. The molecule has 4 nitrogen and oxygen atoms in total. The summed E-state index contributed by atoms with van der Waals surface area (Å²) in [5, 5.41) is 19.6. The molecule has 0 radical (unpaired) electrons. The Morgan fingerprint density at radius 2 is 1.12 bits per heavy atom. The second-order valence-corrected chi connectivity index (χ2v) is 8.46. The van der Waals surface area contributed by atoms with E-state index in [0.717, 1.165) is 36.8 Å².